The Morgan fingerprint density at radius 3 is 2.83 bits per heavy atom. The molecule has 1 N–H and O–H groups in total. The molecule has 1 aliphatic heterocycles. The van der Waals surface area contributed by atoms with E-state index in [1.807, 2.05) is 13.1 Å². The molecule has 0 aliphatic carbocycles. The van der Waals surface area contributed by atoms with Crippen LogP contribution in [0.1, 0.15) is 36.2 Å². The molecule has 0 spiro atoms. The summed E-state index contributed by atoms with van der Waals surface area (Å²) < 4.78 is 24.9. The van der Waals surface area contributed by atoms with Crippen molar-refractivity contribution in [3.63, 3.8) is 0 Å². The molecule has 1 saturated heterocycles. The predicted molar refractivity (Wildman–Crippen MR) is 87.1 cm³/mol. The molecule has 0 aromatic carbocycles. The number of aryl methyl sites for hydroxylation is 1. The third kappa shape index (κ3) is 5.39. The molecule has 2 rings (SSSR count). The Balaban J connectivity index is 1.85. The largest absolute Gasteiger partial charge is 0.329 e. The lowest BCUT2D eigenvalue weighted by molar-refractivity contribution is 0.0903. The van der Waals surface area contributed by atoms with Crippen molar-refractivity contribution in [1.29, 1.82) is 0 Å². The van der Waals surface area contributed by atoms with Crippen LogP contribution >= 0.6 is 11.3 Å². The first-order valence-corrected chi connectivity index (χ1v) is 8.81. The van der Waals surface area contributed by atoms with Crippen LogP contribution < -0.4 is 5.32 Å². The maximum atomic E-state index is 12.5. The second-order valence-corrected chi connectivity index (χ2v) is 6.87. The number of nitrogens with one attached hydrogen (secondary N) is 1. The van der Waals surface area contributed by atoms with E-state index in [0.29, 0.717) is 32.6 Å². The van der Waals surface area contributed by atoms with Gasteiger partial charge in [-0.1, -0.05) is 6.92 Å². The maximum absolute atomic E-state index is 12.5. The van der Waals surface area contributed by atoms with Crippen LogP contribution in [0.3, 0.4) is 0 Å². The number of aromatic nitrogens is 1. The highest BCUT2D eigenvalue weighted by atomic mass is 32.1. The highest BCUT2D eigenvalue weighted by Crippen LogP contribution is 2.20. The first kappa shape index (κ1) is 18.1. The van der Waals surface area contributed by atoms with Crippen LogP contribution in [-0.2, 0) is 6.42 Å². The molecule has 0 radical (unpaired) electrons. The minimum atomic E-state index is -2.33. The average Bonchev–Trinajstić information content (AvgIpc) is 2.87. The SMILES string of the molecule is CCc1cnc([C@@H](C)NC(=O)N2CCCN(CC(F)F)CC2)s1. The Kier molecular flexibility index (Phi) is 6.71. The zero-order valence-corrected chi connectivity index (χ0v) is 14.4. The van der Waals surface area contributed by atoms with Gasteiger partial charge in [0.1, 0.15) is 5.01 Å². The summed E-state index contributed by atoms with van der Waals surface area (Å²) >= 11 is 1.61. The molecule has 8 heteroatoms. The van der Waals surface area contributed by atoms with Gasteiger partial charge >= 0.3 is 6.03 Å². The van der Waals surface area contributed by atoms with Gasteiger partial charge in [0.2, 0.25) is 0 Å². The standard InChI is InChI=1S/C15H24F2N4OS/c1-3-12-9-18-14(23-12)11(2)19-15(22)21-6-4-5-20(7-8-21)10-13(16)17/h9,11,13H,3-8,10H2,1-2H3,(H,19,22)/t11-/m1/s1. The average molecular weight is 346 g/mol. The summed E-state index contributed by atoms with van der Waals surface area (Å²) in [5.41, 5.74) is 0. The van der Waals surface area contributed by atoms with Crippen LogP contribution in [0.2, 0.25) is 0 Å². The molecule has 5 nitrogen and oxygen atoms in total. The van der Waals surface area contributed by atoms with Crippen molar-refractivity contribution in [2.75, 3.05) is 32.7 Å². The number of carbonyl (C=O) groups is 1. The van der Waals surface area contributed by atoms with Crippen molar-refractivity contribution in [3.05, 3.63) is 16.1 Å². The first-order valence-electron chi connectivity index (χ1n) is 8.00. The van der Waals surface area contributed by atoms with E-state index in [9.17, 15) is 13.6 Å². The van der Waals surface area contributed by atoms with E-state index < -0.39 is 6.43 Å². The molecule has 130 valence electrons. The number of amides is 2. The van der Waals surface area contributed by atoms with Gasteiger partial charge in [-0.05, 0) is 19.8 Å². The smallest absolute Gasteiger partial charge is 0.317 e. The Bertz CT molecular complexity index is 511. The molecule has 1 atom stereocenters. The van der Waals surface area contributed by atoms with Crippen LogP contribution in [0.5, 0.6) is 0 Å². The number of thiazole rings is 1. The van der Waals surface area contributed by atoms with Crippen molar-refractivity contribution >= 4 is 17.4 Å². The van der Waals surface area contributed by atoms with Crippen molar-refractivity contribution in [1.82, 2.24) is 20.1 Å². The topological polar surface area (TPSA) is 48.5 Å². The Morgan fingerprint density at radius 2 is 2.17 bits per heavy atom. The second kappa shape index (κ2) is 8.54. The number of hydrogen-bond donors (Lipinski definition) is 1. The molecule has 1 aliphatic rings. The van der Waals surface area contributed by atoms with Gasteiger partial charge in [-0.15, -0.1) is 11.3 Å². The molecule has 0 bridgehead atoms. The monoisotopic (exact) mass is 346 g/mol. The lowest BCUT2D eigenvalue weighted by Gasteiger charge is -2.23. The molecular weight excluding hydrogens is 322 g/mol. The van der Waals surface area contributed by atoms with E-state index in [1.165, 1.54) is 4.88 Å². The summed E-state index contributed by atoms with van der Waals surface area (Å²) in [7, 11) is 0. The molecule has 0 saturated carbocycles. The number of rotatable bonds is 5. The van der Waals surface area contributed by atoms with Crippen LogP contribution in [0.15, 0.2) is 6.20 Å². The Labute approximate surface area is 139 Å². The minimum Gasteiger partial charge on any atom is -0.329 e. The highest BCUT2D eigenvalue weighted by Gasteiger charge is 2.22. The van der Waals surface area contributed by atoms with Crippen LogP contribution in [0.4, 0.5) is 13.6 Å². The highest BCUT2D eigenvalue weighted by molar-refractivity contribution is 7.11. The fourth-order valence-electron chi connectivity index (χ4n) is 2.58. The molecule has 1 fully saturated rings. The molecule has 1 aromatic rings. The van der Waals surface area contributed by atoms with Gasteiger partial charge in [0.05, 0.1) is 12.6 Å². The van der Waals surface area contributed by atoms with Crippen molar-refractivity contribution < 1.29 is 13.6 Å². The molecule has 1 aromatic heterocycles. The van der Waals surface area contributed by atoms with E-state index in [1.54, 1.807) is 21.1 Å². The summed E-state index contributed by atoms with van der Waals surface area (Å²) in [6, 6.07) is -0.294. The number of carbonyl (C=O) groups excluding carboxylic acids is 1. The van der Waals surface area contributed by atoms with Gasteiger partial charge in [-0.2, -0.15) is 0 Å². The second-order valence-electron chi connectivity index (χ2n) is 5.72. The summed E-state index contributed by atoms with van der Waals surface area (Å²) in [5, 5.41) is 3.85. The number of halogens is 2. The number of urea groups is 1. The zero-order chi connectivity index (χ0) is 16.8. The first-order chi connectivity index (χ1) is 11.0. The van der Waals surface area contributed by atoms with E-state index in [4.69, 9.17) is 0 Å². The van der Waals surface area contributed by atoms with Gasteiger partial charge in [0.15, 0.2) is 0 Å². The molecule has 2 amide bonds. The van der Waals surface area contributed by atoms with Crippen LogP contribution in [-0.4, -0.2) is 60.0 Å². The van der Waals surface area contributed by atoms with Gasteiger partial charge in [-0.25, -0.2) is 18.6 Å². The van der Waals surface area contributed by atoms with Crippen molar-refractivity contribution in [2.24, 2.45) is 0 Å². The summed E-state index contributed by atoms with van der Waals surface area (Å²) in [5.74, 6) is 0. The Morgan fingerprint density at radius 1 is 1.39 bits per heavy atom. The predicted octanol–water partition coefficient (Wildman–Crippen LogP) is 2.75. The van der Waals surface area contributed by atoms with E-state index in [0.717, 1.165) is 11.4 Å². The van der Waals surface area contributed by atoms with Crippen LogP contribution in [0.25, 0.3) is 0 Å². The quantitative estimate of drug-likeness (QED) is 0.892. The van der Waals surface area contributed by atoms with E-state index in [2.05, 4.69) is 17.2 Å². The zero-order valence-electron chi connectivity index (χ0n) is 13.6. The fourth-order valence-corrected chi connectivity index (χ4v) is 3.44. The van der Waals surface area contributed by atoms with Crippen molar-refractivity contribution in [3.8, 4) is 0 Å². The Hall–Kier alpha value is -1.28. The number of nitrogens with zero attached hydrogens (tertiary/aromatic N) is 3. The maximum Gasteiger partial charge on any atom is 0.317 e. The van der Waals surface area contributed by atoms with Crippen LogP contribution in [0, 0.1) is 0 Å². The lowest BCUT2D eigenvalue weighted by Crippen LogP contribution is -2.43. The normalized spacial score (nSPS) is 18.0. The molecule has 23 heavy (non-hydrogen) atoms. The molecule has 2 heterocycles. The third-order valence-corrected chi connectivity index (χ3v) is 5.23. The number of hydrogen-bond acceptors (Lipinski definition) is 4. The van der Waals surface area contributed by atoms with E-state index >= 15 is 0 Å². The summed E-state index contributed by atoms with van der Waals surface area (Å²) in [6.07, 6.45) is 1.17. The fraction of sp³-hybridized carbons (Fsp3) is 0.733. The third-order valence-electron chi connectivity index (χ3n) is 3.90. The molecule has 0 unspecified atom stereocenters. The summed E-state index contributed by atoms with van der Waals surface area (Å²) in [4.78, 5) is 21.3. The van der Waals surface area contributed by atoms with Gasteiger partial charge < -0.3 is 10.2 Å². The van der Waals surface area contributed by atoms with Crippen molar-refractivity contribution in [2.45, 2.75) is 39.2 Å². The lowest BCUT2D eigenvalue weighted by atomic mass is 10.3. The summed E-state index contributed by atoms with van der Waals surface area (Å²) in [6.45, 7) is 5.93. The van der Waals surface area contributed by atoms with E-state index in [-0.39, 0.29) is 18.6 Å². The van der Waals surface area contributed by atoms with Gasteiger partial charge in [0, 0.05) is 37.3 Å². The van der Waals surface area contributed by atoms with Gasteiger partial charge in [0.25, 0.3) is 6.43 Å². The number of alkyl halides is 2. The molecular formula is C15H24F2N4OS. The van der Waals surface area contributed by atoms with Gasteiger partial charge in [-0.3, -0.25) is 4.90 Å². The minimum absolute atomic E-state index is 0.145.